The van der Waals surface area contributed by atoms with Gasteiger partial charge in [-0.2, -0.15) is 0 Å². The van der Waals surface area contributed by atoms with Crippen molar-refractivity contribution in [2.24, 2.45) is 11.8 Å². The third-order valence-electron chi connectivity index (χ3n) is 6.75. The van der Waals surface area contributed by atoms with Crippen molar-refractivity contribution in [3.05, 3.63) is 36.3 Å². The number of aromatic nitrogens is 2. The van der Waals surface area contributed by atoms with E-state index in [4.69, 9.17) is 0 Å². The summed E-state index contributed by atoms with van der Waals surface area (Å²) in [5.74, 6) is 1.01. The number of imidazole rings is 1. The van der Waals surface area contributed by atoms with E-state index in [1.807, 2.05) is 12.1 Å². The summed E-state index contributed by atoms with van der Waals surface area (Å²) in [4.78, 5) is 32.5. The molecule has 2 aromatic rings. The van der Waals surface area contributed by atoms with Gasteiger partial charge >= 0.3 is 12.2 Å². The molecule has 2 aliphatic heterocycles. The van der Waals surface area contributed by atoms with Crippen molar-refractivity contribution in [3.8, 4) is 11.3 Å². The van der Waals surface area contributed by atoms with Gasteiger partial charge in [-0.05, 0) is 48.8 Å². The third kappa shape index (κ3) is 5.17. The molecule has 3 heterocycles. The van der Waals surface area contributed by atoms with Crippen LogP contribution in [0.2, 0.25) is 0 Å². The monoisotopic (exact) mass is 491 g/mol. The van der Waals surface area contributed by atoms with E-state index in [9.17, 15) is 23.1 Å². The quantitative estimate of drug-likeness (QED) is 0.583. The number of nitrogens with zero attached hydrogens (tertiary/aromatic N) is 3. The van der Waals surface area contributed by atoms with Gasteiger partial charge in [-0.1, -0.05) is 12.1 Å². The molecule has 2 atom stereocenters. The fourth-order valence-corrected chi connectivity index (χ4v) is 5.79. The van der Waals surface area contributed by atoms with E-state index in [0.717, 1.165) is 24.1 Å². The maximum Gasteiger partial charge on any atom is 0.411 e. The Balaban J connectivity index is 1.45. The predicted molar refractivity (Wildman–Crippen MR) is 125 cm³/mol. The minimum absolute atomic E-state index is 0.153. The van der Waals surface area contributed by atoms with Crippen molar-refractivity contribution in [2.45, 2.75) is 25.3 Å². The van der Waals surface area contributed by atoms with Crippen molar-refractivity contribution < 1.29 is 27.9 Å². The van der Waals surface area contributed by atoms with Crippen LogP contribution >= 0.6 is 0 Å². The van der Waals surface area contributed by atoms with Crippen LogP contribution in [0.5, 0.6) is 0 Å². The van der Waals surface area contributed by atoms with Gasteiger partial charge in [0.2, 0.25) is 10.0 Å². The van der Waals surface area contributed by atoms with Crippen LogP contribution in [0.25, 0.3) is 11.3 Å². The molecule has 0 bridgehead atoms. The lowest BCUT2D eigenvalue weighted by Crippen LogP contribution is -2.40. The fraction of sp³-hybridized carbons (Fsp3) is 0.500. The Bertz CT molecular complexity index is 1140. The summed E-state index contributed by atoms with van der Waals surface area (Å²) < 4.78 is 29.7. The van der Waals surface area contributed by atoms with E-state index in [2.05, 4.69) is 20.0 Å². The molecule has 2 saturated heterocycles. The molecule has 3 N–H and O–H groups in total. The Morgan fingerprint density at radius 1 is 1.18 bits per heavy atom. The molecule has 0 saturated carbocycles. The zero-order valence-corrected chi connectivity index (χ0v) is 19.9. The second-order valence-electron chi connectivity index (χ2n) is 8.82. The van der Waals surface area contributed by atoms with Gasteiger partial charge in [-0.3, -0.25) is 10.2 Å². The van der Waals surface area contributed by atoms with Crippen LogP contribution in [0.1, 0.15) is 31.1 Å². The molecule has 12 heteroatoms. The number of piperidine rings is 1. The molecule has 2 aliphatic rings. The average Bonchev–Trinajstić information content (AvgIpc) is 3.47. The Morgan fingerprint density at radius 3 is 2.44 bits per heavy atom. The maximum absolute atomic E-state index is 12.0. The fourth-order valence-electron chi connectivity index (χ4n) is 4.91. The van der Waals surface area contributed by atoms with Gasteiger partial charge < -0.3 is 14.8 Å². The van der Waals surface area contributed by atoms with E-state index in [0.29, 0.717) is 37.6 Å². The summed E-state index contributed by atoms with van der Waals surface area (Å²) in [6.07, 6.45) is 3.46. The highest BCUT2D eigenvalue weighted by Crippen LogP contribution is 2.41. The van der Waals surface area contributed by atoms with Crippen molar-refractivity contribution in [1.29, 1.82) is 0 Å². The van der Waals surface area contributed by atoms with Crippen LogP contribution in [-0.4, -0.2) is 77.9 Å². The molecular formula is C22H29N5O6S. The summed E-state index contributed by atoms with van der Waals surface area (Å²) >= 11 is 0. The Kier molecular flexibility index (Phi) is 6.80. The molecule has 0 aliphatic carbocycles. The van der Waals surface area contributed by atoms with Gasteiger partial charge in [0.25, 0.3) is 0 Å². The molecule has 2 amide bonds. The lowest BCUT2D eigenvalue weighted by molar-refractivity contribution is 0.135. The molecule has 0 radical (unpaired) electrons. The van der Waals surface area contributed by atoms with Gasteiger partial charge in [-0.15, -0.1) is 0 Å². The lowest BCUT2D eigenvalue weighted by Gasteiger charge is -2.33. The van der Waals surface area contributed by atoms with Gasteiger partial charge in [0.1, 0.15) is 5.82 Å². The number of methoxy groups -OCH3 is 1. The summed E-state index contributed by atoms with van der Waals surface area (Å²) in [5, 5.41) is 12.4. The first-order valence-electron chi connectivity index (χ1n) is 11.1. The normalized spacial score (nSPS) is 22.0. The van der Waals surface area contributed by atoms with Crippen molar-refractivity contribution >= 4 is 27.9 Å². The van der Waals surface area contributed by atoms with E-state index in [1.54, 1.807) is 18.3 Å². The first kappa shape index (κ1) is 24.0. The molecule has 11 nitrogen and oxygen atoms in total. The molecule has 184 valence electrons. The molecule has 0 spiro atoms. The third-order valence-corrected chi connectivity index (χ3v) is 8.06. The number of hydrogen-bond donors (Lipinski definition) is 3. The highest BCUT2D eigenvalue weighted by atomic mass is 32.2. The SMILES string of the molecule is COC(=O)Nc1ccc(-c2cnc([C@@H]3C[C@H](C4CCN(S(C)(=O)=O)CC4)CN3C(=O)O)[nH]2)cc1. The maximum atomic E-state index is 12.0. The number of ether oxygens (including phenoxy) is 1. The number of carbonyl (C=O) groups excluding carboxylic acids is 1. The summed E-state index contributed by atoms with van der Waals surface area (Å²) in [6, 6.07) is 6.74. The summed E-state index contributed by atoms with van der Waals surface area (Å²) in [6.45, 7) is 1.36. The van der Waals surface area contributed by atoms with Gasteiger partial charge in [0, 0.05) is 25.3 Å². The van der Waals surface area contributed by atoms with Crippen molar-refractivity contribution in [2.75, 3.05) is 38.3 Å². The van der Waals surface area contributed by atoms with Crippen LogP contribution in [0.15, 0.2) is 30.5 Å². The summed E-state index contributed by atoms with van der Waals surface area (Å²) in [7, 11) is -1.90. The Hall–Kier alpha value is -3.12. The van der Waals surface area contributed by atoms with E-state index >= 15 is 0 Å². The van der Waals surface area contributed by atoms with Crippen LogP contribution in [0, 0.1) is 11.8 Å². The number of carbonyl (C=O) groups is 2. The van der Waals surface area contributed by atoms with Gasteiger partial charge in [-0.25, -0.2) is 27.3 Å². The van der Waals surface area contributed by atoms with E-state index in [1.165, 1.54) is 22.6 Å². The molecule has 0 unspecified atom stereocenters. The minimum Gasteiger partial charge on any atom is -0.465 e. The van der Waals surface area contributed by atoms with Gasteiger partial charge in [0.15, 0.2) is 0 Å². The molecule has 1 aromatic heterocycles. The zero-order valence-electron chi connectivity index (χ0n) is 19.1. The van der Waals surface area contributed by atoms with Gasteiger partial charge in [0.05, 0.1) is 31.3 Å². The number of nitrogens with one attached hydrogen (secondary N) is 2. The topological polar surface area (TPSA) is 145 Å². The van der Waals surface area contributed by atoms with Crippen molar-refractivity contribution in [1.82, 2.24) is 19.2 Å². The van der Waals surface area contributed by atoms with Crippen LogP contribution in [0.3, 0.4) is 0 Å². The van der Waals surface area contributed by atoms with E-state index < -0.39 is 22.2 Å². The van der Waals surface area contributed by atoms with Crippen molar-refractivity contribution in [3.63, 3.8) is 0 Å². The first-order valence-corrected chi connectivity index (χ1v) is 13.0. The van der Waals surface area contributed by atoms with E-state index in [-0.39, 0.29) is 17.9 Å². The molecule has 2 fully saturated rings. The second kappa shape index (κ2) is 9.63. The molecule has 4 rings (SSSR count). The summed E-state index contributed by atoms with van der Waals surface area (Å²) in [5.41, 5.74) is 2.18. The highest BCUT2D eigenvalue weighted by Gasteiger charge is 2.42. The Labute approximate surface area is 198 Å². The lowest BCUT2D eigenvalue weighted by atomic mass is 9.83. The number of anilines is 1. The Morgan fingerprint density at radius 2 is 1.85 bits per heavy atom. The highest BCUT2D eigenvalue weighted by molar-refractivity contribution is 7.88. The smallest absolute Gasteiger partial charge is 0.411 e. The number of likely N-dealkylation sites (tertiary alicyclic amines) is 1. The molecule has 1 aromatic carbocycles. The number of benzene rings is 1. The number of rotatable bonds is 5. The average molecular weight is 492 g/mol. The number of amides is 2. The minimum atomic E-state index is -3.20. The van der Waals surface area contributed by atoms with Crippen LogP contribution in [-0.2, 0) is 14.8 Å². The predicted octanol–water partition coefficient (Wildman–Crippen LogP) is 2.97. The standard InChI is InChI=1S/C22H29N5O6S/c1-33-21(28)24-17-5-3-15(4-6-17)18-12-23-20(25-18)19-11-16(13-27(19)22(29)30)14-7-9-26(10-8-14)34(2,31)32/h3-6,12,14,16,19H,7-11,13H2,1-2H3,(H,23,25)(H,24,28)(H,29,30)/t16-,19-/m0/s1. The number of aromatic amines is 1. The van der Waals surface area contributed by atoms with Crippen LogP contribution < -0.4 is 5.32 Å². The number of H-pyrrole nitrogens is 1. The van der Waals surface area contributed by atoms with Crippen LogP contribution in [0.4, 0.5) is 15.3 Å². The molecule has 34 heavy (non-hydrogen) atoms. The number of carboxylic acid groups (broad SMARTS) is 1. The zero-order chi connectivity index (χ0) is 24.5. The molecular weight excluding hydrogens is 462 g/mol. The number of hydrogen-bond acceptors (Lipinski definition) is 6. The number of sulfonamides is 1. The largest absolute Gasteiger partial charge is 0.465 e. The first-order chi connectivity index (χ1) is 16.2. The second-order valence-corrected chi connectivity index (χ2v) is 10.8.